The number of guanidine groups is 1. The van der Waals surface area contributed by atoms with E-state index < -0.39 is 0 Å². The molecule has 0 aliphatic carbocycles. The number of benzene rings is 1. The zero-order chi connectivity index (χ0) is 18.1. The molecule has 1 saturated heterocycles. The lowest BCUT2D eigenvalue weighted by atomic mass is 9.85. The van der Waals surface area contributed by atoms with Crippen molar-refractivity contribution >= 4 is 41.5 Å². The quantitative estimate of drug-likeness (QED) is 0.347. The van der Waals surface area contributed by atoms with Crippen molar-refractivity contribution in [2.75, 3.05) is 52.5 Å². The molecule has 2 rings (SSSR count). The zero-order valence-corrected chi connectivity index (χ0v) is 19.1. The molecule has 7 heteroatoms. The van der Waals surface area contributed by atoms with E-state index in [4.69, 9.17) is 21.3 Å². The standard InChI is InChI=1S/C19H31ClN4O.HI/c1-4-21-18(22-8-9-24-10-12-25-13-11-24)23-15-19(2,3)16-6-5-7-17(20)14-16;/h5-7,14H,4,8-13,15H2,1-3H3,(H2,21,22,23);1H. The van der Waals surface area contributed by atoms with Crippen molar-refractivity contribution in [1.82, 2.24) is 15.5 Å². The highest BCUT2D eigenvalue weighted by atomic mass is 127. The summed E-state index contributed by atoms with van der Waals surface area (Å²) < 4.78 is 5.38. The lowest BCUT2D eigenvalue weighted by Gasteiger charge is -2.27. The molecule has 0 amide bonds. The van der Waals surface area contributed by atoms with Crippen molar-refractivity contribution in [3.05, 3.63) is 34.9 Å². The molecule has 5 nitrogen and oxygen atoms in total. The number of halogens is 2. The van der Waals surface area contributed by atoms with Gasteiger partial charge in [-0.2, -0.15) is 0 Å². The maximum Gasteiger partial charge on any atom is 0.191 e. The second kappa shape index (κ2) is 12.0. The Hall–Kier alpha value is -0.570. The summed E-state index contributed by atoms with van der Waals surface area (Å²) in [5, 5.41) is 7.53. The Morgan fingerprint density at radius 3 is 2.65 bits per heavy atom. The summed E-state index contributed by atoms with van der Waals surface area (Å²) >= 11 is 6.13. The van der Waals surface area contributed by atoms with Gasteiger partial charge >= 0.3 is 0 Å². The first-order valence-electron chi connectivity index (χ1n) is 9.09. The zero-order valence-electron chi connectivity index (χ0n) is 16.1. The van der Waals surface area contributed by atoms with Gasteiger partial charge in [-0.05, 0) is 24.6 Å². The molecule has 0 aromatic heterocycles. The summed E-state index contributed by atoms with van der Waals surface area (Å²) in [5.74, 6) is 0.867. The molecular weight excluding hydrogens is 463 g/mol. The van der Waals surface area contributed by atoms with Crippen LogP contribution in [0.25, 0.3) is 0 Å². The van der Waals surface area contributed by atoms with E-state index >= 15 is 0 Å². The van der Waals surface area contributed by atoms with Crippen LogP contribution in [-0.2, 0) is 10.2 Å². The minimum atomic E-state index is -0.0720. The molecule has 0 radical (unpaired) electrons. The highest BCUT2D eigenvalue weighted by Gasteiger charge is 2.20. The molecule has 1 heterocycles. The van der Waals surface area contributed by atoms with Gasteiger partial charge in [0.2, 0.25) is 0 Å². The van der Waals surface area contributed by atoms with Gasteiger partial charge in [0, 0.05) is 43.2 Å². The Bertz CT molecular complexity index is 562. The molecular formula is C19H32ClIN4O. The van der Waals surface area contributed by atoms with Crippen LogP contribution >= 0.6 is 35.6 Å². The summed E-state index contributed by atoms with van der Waals surface area (Å²) in [6, 6.07) is 8.03. The fraction of sp³-hybridized carbons (Fsp3) is 0.632. The number of hydrogen-bond donors (Lipinski definition) is 2. The fourth-order valence-electron chi connectivity index (χ4n) is 2.78. The van der Waals surface area contributed by atoms with E-state index in [2.05, 4.69) is 42.4 Å². The van der Waals surface area contributed by atoms with Crippen molar-refractivity contribution in [2.24, 2.45) is 4.99 Å². The van der Waals surface area contributed by atoms with Crippen LogP contribution in [0.5, 0.6) is 0 Å². The summed E-state index contributed by atoms with van der Waals surface area (Å²) in [6.07, 6.45) is 0. The Balaban J connectivity index is 0.00000338. The first kappa shape index (κ1) is 23.5. The average molecular weight is 495 g/mol. The van der Waals surface area contributed by atoms with Gasteiger partial charge in [0.25, 0.3) is 0 Å². The Kier molecular flexibility index (Phi) is 10.8. The highest BCUT2D eigenvalue weighted by molar-refractivity contribution is 14.0. The summed E-state index contributed by atoms with van der Waals surface area (Å²) in [4.78, 5) is 7.19. The predicted molar refractivity (Wildman–Crippen MR) is 121 cm³/mol. The molecule has 0 bridgehead atoms. The molecule has 0 unspecified atom stereocenters. The van der Waals surface area contributed by atoms with Crippen LogP contribution in [-0.4, -0.2) is 63.3 Å². The third kappa shape index (κ3) is 7.98. The third-order valence-electron chi connectivity index (χ3n) is 4.41. The molecule has 1 aliphatic heterocycles. The van der Waals surface area contributed by atoms with Crippen molar-refractivity contribution in [2.45, 2.75) is 26.2 Å². The van der Waals surface area contributed by atoms with Crippen LogP contribution < -0.4 is 10.6 Å². The minimum absolute atomic E-state index is 0. The highest BCUT2D eigenvalue weighted by Crippen LogP contribution is 2.25. The molecule has 1 aliphatic rings. The Morgan fingerprint density at radius 2 is 2.00 bits per heavy atom. The lowest BCUT2D eigenvalue weighted by Crippen LogP contribution is -2.44. The molecule has 0 atom stereocenters. The third-order valence-corrected chi connectivity index (χ3v) is 4.64. The Labute approximate surface area is 179 Å². The van der Waals surface area contributed by atoms with Crippen molar-refractivity contribution < 1.29 is 4.74 Å². The van der Waals surface area contributed by atoms with Crippen LogP contribution in [0, 0.1) is 0 Å². The van der Waals surface area contributed by atoms with Crippen molar-refractivity contribution in [1.29, 1.82) is 0 Å². The largest absolute Gasteiger partial charge is 0.379 e. The average Bonchev–Trinajstić information content (AvgIpc) is 2.61. The number of nitrogens with zero attached hydrogens (tertiary/aromatic N) is 2. The second-order valence-electron chi connectivity index (χ2n) is 6.97. The Morgan fingerprint density at radius 1 is 1.27 bits per heavy atom. The van der Waals surface area contributed by atoms with Gasteiger partial charge in [-0.1, -0.05) is 37.6 Å². The van der Waals surface area contributed by atoms with E-state index in [-0.39, 0.29) is 29.4 Å². The molecule has 148 valence electrons. The van der Waals surface area contributed by atoms with Crippen molar-refractivity contribution in [3.63, 3.8) is 0 Å². The van der Waals surface area contributed by atoms with E-state index in [1.54, 1.807) is 0 Å². The fourth-order valence-corrected chi connectivity index (χ4v) is 2.97. The predicted octanol–water partition coefficient (Wildman–Crippen LogP) is 3.12. The molecule has 1 aromatic rings. The maximum atomic E-state index is 6.13. The van der Waals surface area contributed by atoms with Gasteiger partial charge in [0.15, 0.2) is 5.96 Å². The number of ether oxygens (including phenoxy) is 1. The van der Waals surface area contributed by atoms with E-state index in [1.807, 2.05) is 18.2 Å². The van der Waals surface area contributed by atoms with Crippen LogP contribution in [0.3, 0.4) is 0 Å². The molecule has 2 N–H and O–H groups in total. The van der Waals surface area contributed by atoms with E-state index in [1.165, 1.54) is 5.56 Å². The van der Waals surface area contributed by atoms with Crippen LogP contribution in [0.1, 0.15) is 26.3 Å². The van der Waals surface area contributed by atoms with Gasteiger partial charge in [0.1, 0.15) is 0 Å². The van der Waals surface area contributed by atoms with E-state index in [0.29, 0.717) is 6.54 Å². The van der Waals surface area contributed by atoms with Gasteiger partial charge in [-0.25, -0.2) is 0 Å². The first-order valence-corrected chi connectivity index (χ1v) is 9.47. The van der Waals surface area contributed by atoms with Crippen molar-refractivity contribution in [3.8, 4) is 0 Å². The summed E-state index contributed by atoms with van der Waals surface area (Å²) in [6.45, 7) is 13.6. The number of aliphatic imine (C=N–C) groups is 1. The number of hydrogen-bond acceptors (Lipinski definition) is 3. The molecule has 1 aromatic carbocycles. The van der Waals surface area contributed by atoms with Crippen LogP contribution in [0.4, 0.5) is 0 Å². The first-order chi connectivity index (χ1) is 12.0. The second-order valence-corrected chi connectivity index (χ2v) is 7.41. The lowest BCUT2D eigenvalue weighted by molar-refractivity contribution is 0.0389. The number of nitrogens with one attached hydrogen (secondary N) is 2. The smallest absolute Gasteiger partial charge is 0.191 e. The van der Waals surface area contributed by atoms with Crippen LogP contribution in [0.15, 0.2) is 29.3 Å². The topological polar surface area (TPSA) is 48.9 Å². The van der Waals surface area contributed by atoms with Gasteiger partial charge in [-0.15, -0.1) is 24.0 Å². The number of rotatable bonds is 7. The molecule has 0 spiro atoms. The van der Waals surface area contributed by atoms with Crippen LogP contribution in [0.2, 0.25) is 5.02 Å². The maximum absolute atomic E-state index is 6.13. The number of morpholine rings is 1. The SMILES string of the molecule is CCNC(=NCC(C)(C)c1cccc(Cl)c1)NCCN1CCOCC1.I. The monoisotopic (exact) mass is 494 g/mol. The molecule has 26 heavy (non-hydrogen) atoms. The van der Waals surface area contributed by atoms with Gasteiger partial charge in [-0.3, -0.25) is 9.89 Å². The minimum Gasteiger partial charge on any atom is -0.379 e. The summed E-state index contributed by atoms with van der Waals surface area (Å²) in [5.41, 5.74) is 1.13. The van der Waals surface area contributed by atoms with Gasteiger partial charge < -0.3 is 15.4 Å². The van der Waals surface area contributed by atoms with Gasteiger partial charge in [0.05, 0.1) is 19.8 Å². The molecule has 1 fully saturated rings. The normalized spacial score (nSPS) is 16.1. The summed E-state index contributed by atoms with van der Waals surface area (Å²) in [7, 11) is 0. The van der Waals surface area contributed by atoms with E-state index in [9.17, 15) is 0 Å². The van der Waals surface area contributed by atoms with E-state index in [0.717, 1.165) is 56.9 Å². The molecule has 0 saturated carbocycles.